The van der Waals surface area contributed by atoms with E-state index in [0.29, 0.717) is 13.1 Å². The zero-order valence-electron chi connectivity index (χ0n) is 12.9. The van der Waals surface area contributed by atoms with E-state index in [0.717, 1.165) is 24.9 Å². The second-order valence-corrected chi connectivity index (χ2v) is 6.23. The Balaban J connectivity index is 1.46. The molecule has 4 nitrogen and oxygen atoms in total. The van der Waals surface area contributed by atoms with Gasteiger partial charge in [0.1, 0.15) is 0 Å². The molecule has 116 valence electrons. The van der Waals surface area contributed by atoms with Crippen LogP contribution in [0.4, 0.5) is 0 Å². The first-order valence-corrected chi connectivity index (χ1v) is 7.70. The highest BCUT2D eigenvalue weighted by atomic mass is 16.3. The van der Waals surface area contributed by atoms with Gasteiger partial charge in [0.2, 0.25) is 5.91 Å². The SMILES string of the molecule is CN(CC(=O)NCC1(c2ccccc2)CC1)Cc1ccoc1. The smallest absolute Gasteiger partial charge is 0.234 e. The number of carbonyl (C=O) groups is 1. The van der Waals surface area contributed by atoms with Gasteiger partial charge in [-0.2, -0.15) is 0 Å². The first-order valence-electron chi connectivity index (χ1n) is 7.70. The molecule has 1 N–H and O–H groups in total. The molecule has 1 fully saturated rings. The Morgan fingerprint density at radius 2 is 2.05 bits per heavy atom. The molecular weight excluding hydrogens is 276 g/mol. The Kier molecular flexibility index (Phi) is 4.29. The van der Waals surface area contributed by atoms with Crippen LogP contribution < -0.4 is 5.32 Å². The first kappa shape index (κ1) is 14.9. The van der Waals surface area contributed by atoms with Crippen molar-refractivity contribution in [3.63, 3.8) is 0 Å². The summed E-state index contributed by atoms with van der Waals surface area (Å²) < 4.78 is 5.04. The number of amides is 1. The first-order chi connectivity index (χ1) is 10.7. The van der Waals surface area contributed by atoms with Gasteiger partial charge in [0.15, 0.2) is 0 Å². The van der Waals surface area contributed by atoms with Gasteiger partial charge in [0.05, 0.1) is 19.1 Å². The minimum Gasteiger partial charge on any atom is -0.472 e. The van der Waals surface area contributed by atoms with E-state index in [1.807, 2.05) is 24.1 Å². The Bertz CT molecular complexity index is 603. The lowest BCUT2D eigenvalue weighted by Gasteiger charge is -2.19. The van der Waals surface area contributed by atoms with Gasteiger partial charge in [-0.3, -0.25) is 9.69 Å². The van der Waals surface area contributed by atoms with Crippen LogP contribution in [0.15, 0.2) is 53.3 Å². The van der Waals surface area contributed by atoms with Crippen molar-refractivity contribution in [3.05, 3.63) is 60.1 Å². The molecule has 1 aliphatic carbocycles. The summed E-state index contributed by atoms with van der Waals surface area (Å²) >= 11 is 0. The summed E-state index contributed by atoms with van der Waals surface area (Å²) in [7, 11) is 1.94. The summed E-state index contributed by atoms with van der Waals surface area (Å²) in [6, 6.07) is 12.4. The number of carbonyl (C=O) groups excluding carboxylic acids is 1. The minimum atomic E-state index is 0.0770. The molecule has 0 bridgehead atoms. The molecule has 1 aromatic carbocycles. The van der Waals surface area contributed by atoms with Crippen LogP contribution in [0.1, 0.15) is 24.0 Å². The lowest BCUT2D eigenvalue weighted by atomic mass is 9.96. The zero-order chi connectivity index (χ0) is 15.4. The third kappa shape index (κ3) is 3.57. The molecule has 1 heterocycles. The van der Waals surface area contributed by atoms with Gasteiger partial charge in [0, 0.05) is 24.1 Å². The highest BCUT2D eigenvalue weighted by Crippen LogP contribution is 2.47. The van der Waals surface area contributed by atoms with E-state index in [1.165, 1.54) is 5.56 Å². The predicted octanol–water partition coefficient (Wildman–Crippen LogP) is 2.56. The zero-order valence-corrected chi connectivity index (χ0v) is 12.9. The maximum absolute atomic E-state index is 12.1. The van der Waals surface area contributed by atoms with Gasteiger partial charge < -0.3 is 9.73 Å². The molecule has 22 heavy (non-hydrogen) atoms. The molecule has 0 atom stereocenters. The summed E-state index contributed by atoms with van der Waals surface area (Å²) in [6.07, 6.45) is 5.67. The monoisotopic (exact) mass is 298 g/mol. The molecule has 4 heteroatoms. The van der Waals surface area contributed by atoms with Crippen LogP contribution in [0.5, 0.6) is 0 Å². The van der Waals surface area contributed by atoms with E-state index < -0.39 is 0 Å². The third-order valence-corrected chi connectivity index (χ3v) is 4.31. The van der Waals surface area contributed by atoms with Crippen LogP contribution in [-0.2, 0) is 16.8 Å². The van der Waals surface area contributed by atoms with Crippen LogP contribution >= 0.6 is 0 Å². The summed E-state index contributed by atoms with van der Waals surface area (Å²) in [5.74, 6) is 0.0770. The van der Waals surface area contributed by atoms with Crippen molar-refractivity contribution in [1.82, 2.24) is 10.2 Å². The van der Waals surface area contributed by atoms with Crippen LogP contribution in [0.25, 0.3) is 0 Å². The molecule has 0 spiro atoms. The fourth-order valence-electron chi connectivity index (χ4n) is 2.83. The van der Waals surface area contributed by atoms with Gasteiger partial charge in [-0.05, 0) is 31.5 Å². The van der Waals surface area contributed by atoms with E-state index in [4.69, 9.17) is 4.42 Å². The van der Waals surface area contributed by atoms with Crippen molar-refractivity contribution in [2.75, 3.05) is 20.1 Å². The molecule has 0 unspecified atom stereocenters. The number of hydrogen-bond donors (Lipinski definition) is 1. The van der Waals surface area contributed by atoms with Crippen LogP contribution in [-0.4, -0.2) is 30.9 Å². The molecule has 1 aliphatic rings. The lowest BCUT2D eigenvalue weighted by molar-refractivity contribution is -0.122. The molecule has 3 rings (SSSR count). The average Bonchev–Trinajstić information content (AvgIpc) is 3.16. The maximum Gasteiger partial charge on any atom is 0.234 e. The van der Waals surface area contributed by atoms with E-state index in [-0.39, 0.29) is 11.3 Å². The molecular formula is C18H22N2O2. The predicted molar refractivity (Wildman–Crippen MR) is 85.4 cm³/mol. The van der Waals surface area contributed by atoms with Crippen molar-refractivity contribution in [2.24, 2.45) is 0 Å². The molecule has 0 saturated heterocycles. The number of likely N-dealkylation sites (N-methyl/N-ethyl adjacent to an activating group) is 1. The summed E-state index contributed by atoms with van der Waals surface area (Å²) in [6.45, 7) is 1.85. The van der Waals surface area contributed by atoms with Gasteiger partial charge in [-0.15, -0.1) is 0 Å². The molecule has 1 amide bonds. The molecule has 1 aromatic heterocycles. The summed E-state index contributed by atoms with van der Waals surface area (Å²) in [5.41, 5.74) is 2.58. The normalized spacial score (nSPS) is 15.7. The van der Waals surface area contributed by atoms with Crippen molar-refractivity contribution in [2.45, 2.75) is 24.8 Å². The molecule has 2 aromatic rings. The fourth-order valence-corrected chi connectivity index (χ4v) is 2.83. The van der Waals surface area contributed by atoms with Gasteiger partial charge in [0.25, 0.3) is 0 Å². The molecule has 0 aliphatic heterocycles. The Labute approximate surface area is 131 Å². The number of furan rings is 1. The number of benzene rings is 1. The van der Waals surface area contributed by atoms with Crippen LogP contribution in [0, 0.1) is 0 Å². The third-order valence-electron chi connectivity index (χ3n) is 4.31. The Morgan fingerprint density at radius 1 is 1.27 bits per heavy atom. The van der Waals surface area contributed by atoms with Gasteiger partial charge >= 0.3 is 0 Å². The minimum absolute atomic E-state index is 0.0770. The average molecular weight is 298 g/mol. The quantitative estimate of drug-likeness (QED) is 0.854. The number of nitrogens with one attached hydrogen (secondary N) is 1. The van der Waals surface area contributed by atoms with Gasteiger partial charge in [-0.1, -0.05) is 30.3 Å². The number of rotatable bonds is 7. The second kappa shape index (κ2) is 6.36. The largest absolute Gasteiger partial charge is 0.472 e. The Hall–Kier alpha value is -2.07. The van der Waals surface area contributed by atoms with E-state index in [2.05, 4.69) is 29.6 Å². The number of hydrogen-bond acceptors (Lipinski definition) is 3. The topological polar surface area (TPSA) is 45.5 Å². The highest BCUT2D eigenvalue weighted by molar-refractivity contribution is 5.78. The van der Waals surface area contributed by atoms with Crippen molar-refractivity contribution >= 4 is 5.91 Å². The van der Waals surface area contributed by atoms with Crippen LogP contribution in [0.2, 0.25) is 0 Å². The van der Waals surface area contributed by atoms with Crippen molar-refractivity contribution < 1.29 is 9.21 Å². The van der Waals surface area contributed by atoms with Crippen molar-refractivity contribution in [1.29, 1.82) is 0 Å². The van der Waals surface area contributed by atoms with E-state index in [9.17, 15) is 4.79 Å². The number of nitrogens with zero attached hydrogens (tertiary/aromatic N) is 1. The van der Waals surface area contributed by atoms with E-state index >= 15 is 0 Å². The van der Waals surface area contributed by atoms with Gasteiger partial charge in [-0.25, -0.2) is 0 Å². The standard InChI is InChI=1S/C18H22N2O2/c1-20(11-15-7-10-22-13-15)12-17(21)19-14-18(8-9-18)16-5-3-2-4-6-16/h2-7,10,13H,8-9,11-12,14H2,1H3,(H,19,21). The summed E-state index contributed by atoms with van der Waals surface area (Å²) in [4.78, 5) is 14.1. The highest BCUT2D eigenvalue weighted by Gasteiger charge is 2.44. The second-order valence-electron chi connectivity index (χ2n) is 6.23. The molecule has 1 saturated carbocycles. The van der Waals surface area contributed by atoms with E-state index in [1.54, 1.807) is 12.5 Å². The lowest BCUT2D eigenvalue weighted by Crippen LogP contribution is -2.38. The fraction of sp³-hybridized carbons (Fsp3) is 0.389. The Morgan fingerprint density at radius 3 is 2.68 bits per heavy atom. The molecule has 0 radical (unpaired) electrons. The van der Waals surface area contributed by atoms with Crippen molar-refractivity contribution in [3.8, 4) is 0 Å². The van der Waals surface area contributed by atoms with Crippen LogP contribution in [0.3, 0.4) is 0 Å². The summed E-state index contributed by atoms with van der Waals surface area (Å²) in [5, 5.41) is 3.09. The maximum atomic E-state index is 12.1.